The average Bonchev–Trinajstić information content (AvgIpc) is 2.47. The van der Waals surface area contributed by atoms with E-state index in [4.69, 9.17) is 5.11 Å². The number of rotatable bonds is 4. The molecule has 1 N–H and O–H groups in total. The van der Waals surface area contributed by atoms with Gasteiger partial charge in [0.05, 0.1) is 4.88 Å². The Hall–Kier alpha value is 0.320. The van der Waals surface area contributed by atoms with Gasteiger partial charge in [-0.3, -0.25) is 0 Å². The lowest BCUT2D eigenvalue weighted by atomic mass is 10.2. The van der Waals surface area contributed by atoms with E-state index in [-0.39, 0.29) is 30.6 Å². The van der Waals surface area contributed by atoms with E-state index < -0.39 is 0 Å². The van der Waals surface area contributed by atoms with Gasteiger partial charge in [-0.1, -0.05) is 18.3 Å². The number of thiazole rings is 1. The molecule has 13 heavy (non-hydrogen) atoms. The highest BCUT2D eigenvalue weighted by Gasteiger charge is 2.15. The van der Waals surface area contributed by atoms with E-state index in [2.05, 4.69) is 23.9 Å². The lowest BCUT2D eigenvalue weighted by Crippen LogP contribution is -3.00. The molecule has 0 radical (unpaired) electrons. The number of aryl methyl sites for hydroxylation is 1. The summed E-state index contributed by atoms with van der Waals surface area (Å²) in [5, 5.41) is 8.82. The Labute approximate surface area is 101 Å². The summed E-state index contributed by atoms with van der Waals surface area (Å²) in [5.74, 6) is 0. The summed E-state index contributed by atoms with van der Waals surface area (Å²) in [6, 6.07) is 0. The Bertz CT molecular complexity index is 250. The van der Waals surface area contributed by atoms with Gasteiger partial charge in [-0.25, -0.2) is 0 Å². The van der Waals surface area contributed by atoms with Crippen molar-refractivity contribution in [2.24, 2.45) is 0 Å². The summed E-state index contributed by atoms with van der Waals surface area (Å²) in [7, 11) is 0. The van der Waals surface area contributed by atoms with Crippen molar-refractivity contribution < 1.29 is 33.7 Å². The van der Waals surface area contributed by atoms with Crippen LogP contribution in [-0.4, -0.2) is 11.7 Å². The molecule has 0 fully saturated rings. The van der Waals surface area contributed by atoms with Crippen molar-refractivity contribution in [3.63, 3.8) is 0 Å². The molecule has 1 rings (SSSR count). The van der Waals surface area contributed by atoms with Gasteiger partial charge in [-0.05, 0) is 6.92 Å². The molecule has 1 aromatic rings. The lowest BCUT2D eigenvalue weighted by molar-refractivity contribution is -0.696. The zero-order valence-electron chi connectivity index (χ0n) is 8.09. The minimum absolute atomic E-state index is 0. The van der Waals surface area contributed by atoms with Gasteiger partial charge >= 0.3 is 0 Å². The highest BCUT2D eigenvalue weighted by molar-refractivity contribution is 7.09. The number of aromatic nitrogens is 1. The standard InChI is InChI=1S/C9H16NOS.HI/c1-3-8-9(5-6-11)12-7-10(8)4-2;/h7,11H,3-6H2,1-2H3;1H/q+1;/p-1. The van der Waals surface area contributed by atoms with Crippen molar-refractivity contribution in [2.45, 2.75) is 33.2 Å². The number of hydrogen-bond donors (Lipinski definition) is 1. The van der Waals surface area contributed by atoms with E-state index in [1.54, 1.807) is 11.3 Å². The number of hydrogen-bond acceptors (Lipinski definition) is 2. The fraction of sp³-hybridized carbons (Fsp3) is 0.667. The van der Waals surface area contributed by atoms with E-state index in [9.17, 15) is 0 Å². The Morgan fingerprint density at radius 2 is 2.15 bits per heavy atom. The highest BCUT2D eigenvalue weighted by atomic mass is 127. The van der Waals surface area contributed by atoms with Crippen molar-refractivity contribution in [1.82, 2.24) is 0 Å². The summed E-state index contributed by atoms with van der Waals surface area (Å²) in [5.41, 5.74) is 3.53. The molecule has 0 atom stereocenters. The van der Waals surface area contributed by atoms with Crippen LogP contribution in [0.4, 0.5) is 0 Å². The van der Waals surface area contributed by atoms with E-state index in [1.807, 2.05) is 0 Å². The van der Waals surface area contributed by atoms with Crippen molar-refractivity contribution in [1.29, 1.82) is 0 Å². The highest BCUT2D eigenvalue weighted by Crippen LogP contribution is 2.12. The minimum Gasteiger partial charge on any atom is -1.00 e. The first kappa shape index (κ1) is 13.3. The Morgan fingerprint density at radius 3 is 2.62 bits per heavy atom. The van der Waals surface area contributed by atoms with Gasteiger partial charge in [-0.15, -0.1) is 0 Å². The maximum Gasteiger partial charge on any atom is 0.225 e. The third kappa shape index (κ3) is 3.18. The molecule has 0 aliphatic carbocycles. The number of halogens is 1. The zero-order valence-corrected chi connectivity index (χ0v) is 11.1. The van der Waals surface area contributed by atoms with Gasteiger partial charge in [0.25, 0.3) is 0 Å². The van der Waals surface area contributed by atoms with Crippen LogP contribution in [0.25, 0.3) is 0 Å². The summed E-state index contributed by atoms with van der Waals surface area (Å²) >= 11 is 1.75. The molecule has 0 saturated heterocycles. The monoisotopic (exact) mass is 313 g/mol. The second-order valence-electron chi connectivity index (χ2n) is 2.71. The van der Waals surface area contributed by atoms with Crippen LogP contribution >= 0.6 is 11.3 Å². The van der Waals surface area contributed by atoms with E-state index in [1.165, 1.54) is 10.6 Å². The van der Waals surface area contributed by atoms with Crippen LogP contribution in [0, 0.1) is 0 Å². The molecule has 0 aliphatic heterocycles. The van der Waals surface area contributed by atoms with E-state index >= 15 is 0 Å². The molecule has 0 aromatic carbocycles. The summed E-state index contributed by atoms with van der Waals surface area (Å²) in [6.45, 7) is 5.60. The number of aliphatic hydroxyl groups excluding tert-OH is 1. The van der Waals surface area contributed by atoms with Gasteiger partial charge in [-0.2, -0.15) is 4.57 Å². The molecule has 0 bridgehead atoms. The number of aliphatic hydroxyl groups is 1. The van der Waals surface area contributed by atoms with Crippen LogP contribution in [0.2, 0.25) is 0 Å². The van der Waals surface area contributed by atoms with Crippen LogP contribution < -0.4 is 28.5 Å². The van der Waals surface area contributed by atoms with Gasteiger partial charge < -0.3 is 29.1 Å². The predicted molar refractivity (Wildman–Crippen MR) is 50.4 cm³/mol. The quantitative estimate of drug-likeness (QED) is 0.513. The molecule has 1 aromatic heterocycles. The second-order valence-corrected chi connectivity index (χ2v) is 3.65. The van der Waals surface area contributed by atoms with Crippen molar-refractivity contribution in [3.8, 4) is 0 Å². The molecule has 4 heteroatoms. The summed E-state index contributed by atoms with van der Waals surface area (Å²) in [4.78, 5) is 1.34. The molecule has 1 heterocycles. The van der Waals surface area contributed by atoms with Gasteiger partial charge in [0, 0.05) is 19.4 Å². The molecular formula is C9H16INOS. The predicted octanol–water partition coefficient (Wildman–Crippen LogP) is -1.84. The van der Waals surface area contributed by atoms with Crippen molar-refractivity contribution in [3.05, 3.63) is 16.1 Å². The van der Waals surface area contributed by atoms with Gasteiger partial charge in [0.15, 0.2) is 5.69 Å². The number of nitrogens with zero attached hydrogens (tertiary/aromatic N) is 1. The lowest BCUT2D eigenvalue weighted by Gasteiger charge is -1.94. The SMILES string of the molecule is CCc1c(CCO)sc[n+]1CC.[I-]. The van der Waals surface area contributed by atoms with Crippen molar-refractivity contribution >= 4 is 11.3 Å². The molecular weight excluding hydrogens is 297 g/mol. The smallest absolute Gasteiger partial charge is 0.225 e. The molecule has 0 amide bonds. The van der Waals surface area contributed by atoms with E-state index in [0.29, 0.717) is 0 Å². The molecule has 2 nitrogen and oxygen atoms in total. The first-order chi connectivity index (χ1) is 5.83. The fourth-order valence-electron chi connectivity index (χ4n) is 1.39. The Balaban J connectivity index is 0.00000144. The van der Waals surface area contributed by atoms with Crippen LogP contribution in [0.1, 0.15) is 24.4 Å². The van der Waals surface area contributed by atoms with Crippen LogP contribution in [0.15, 0.2) is 5.51 Å². The first-order valence-electron chi connectivity index (χ1n) is 4.43. The third-order valence-electron chi connectivity index (χ3n) is 2.01. The van der Waals surface area contributed by atoms with Gasteiger partial charge in [0.2, 0.25) is 5.51 Å². The van der Waals surface area contributed by atoms with Crippen LogP contribution in [0.3, 0.4) is 0 Å². The molecule has 0 saturated carbocycles. The summed E-state index contributed by atoms with van der Waals surface area (Å²) in [6.07, 6.45) is 1.87. The van der Waals surface area contributed by atoms with Crippen molar-refractivity contribution in [2.75, 3.05) is 6.61 Å². The third-order valence-corrected chi connectivity index (χ3v) is 3.09. The first-order valence-corrected chi connectivity index (χ1v) is 5.31. The molecule has 76 valence electrons. The van der Waals surface area contributed by atoms with Gasteiger partial charge in [0.1, 0.15) is 6.54 Å². The topological polar surface area (TPSA) is 24.1 Å². The normalized spacial score (nSPS) is 9.77. The summed E-state index contributed by atoms with van der Waals surface area (Å²) < 4.78 is 2.26. The van der Waals surface area contributed by atoms with Crippen LogP contribution in [-0.2, 0) is 19.4 Å². The Morgan fingerprint density at radius 1 is 1.46 bits per heavy atom. The molecule has 0 aliphatic rings. The largest absolute Gasteiger partial charge is 1.00 e. The Kier molecular flexibility index (Phi) is 6.89. The minimum atomic E-state index is 0. The maximum atomic E-state index is 8.82. The fourth-order valence-corrected chi connectivity index (χ4v) is 2.53. The van der Waals surface area contributed by atoms with Crippen LogP contribution in [0.5, 0.6) is 0 Å². The van der Waals surface area contributed by atoms with E-state index in [0.717, 1.165) is 19.4 Å². The molecule has 0 unspecified atom stereocenters. The molecule has 0 spiro atoms. The second kappa shape index (κ2) is 6.73. The zero-order chi connectivity index (χ0) is 8.97. The maximum absolute atomic E-state index is 8.82. The average molecular weight is 313 g/mol.